The quantitative estimate of drug-likeness (QED) is 0.752. The Morgan fingerprint density at radius 3 is 3.06 bits per heavy atom. The van der Waals surface area contributed by atoms with Gasteiger partial charge in [-0.1, -0.05) is 17.7 Å². The molecular formula is C12H10ClN3. The summed E-state index contributed by atoms with van der Waals surface area (Å²) in [5.41, 5.74) is 2.72. The summed E-state index contributed by atoms with van der Waals surface area (Å²) in [6.07, 6.45) is 5.11. The van der Waals surface area contributed by atoms with Crippen LogP contribution < -0.4 is 5.32 Å². The van der Waals surface area contributed by atoms with Gasteiger partial charge < -0.3 is 5.32 Å². The second-order valence-electron chi connectivity index (χ2n) is 4.22. The summed E-state index contributed by atoms with van der Waals surface area (Å²) in [6, 6.07) is 4.34. The highest BCUT2D eigenvalue weighted by Crippen LogP contribution is 2.37. The van der Waals surface area contributed by atoms with Gasteiger partial charge in [-0.3, -0.25) is 0 Å². The summed E-state index contributed by atoms with van der Waals surface area (Å²) >= 11 is 5.81. The van der Waals surface area contributed by atoms with E-state index >= 15 is 0 Å². The zero-order chi connectivity index (χ0) is 11.1. The second-order valence-corrected chi connectivity index (χ2v) is 4.57. The van der Waals surface area contributed by atoms with E-state index in [9.17, 15) is 0 Å². The Hall–Kier alpha value is -1.37. The van der Waals surface area contributed by atoms with Crippen LogP contribution >= 0.6 is 11.6 Å². The Kier molecular flexibility index (Phi) is 2.20. The predicted octanol–water partition coefficient (Wildman–Crippen LogP) is 1.98. The molecule has 3 nitrogen and oxygen atoms in total. The van der Waals surface area contributed by atoms with Crippen molar-refractivity contribution < 1.29 is 0 Å². The molecule has 0 saturated carbocycles. The Bertz CT molecular complexity index is 515. The molecule has 1 aliphatic carbocycles. The fourth-order valence-corrected chi connectivity index (χ4v) is 2.52. The zero-order valence-corrected chi connectivity index (χ0v) is 9.33. The molecular weight excluding hydrogens is 222 g/mol. The van der Waals surface area contributed by atoms with Gasteiger partial charge in [0.2, 0.25) is 0 Å². The number of nitrogens with one attached hydrogen (secondary N) is 1. The van der Waals surface area contributed by atoms with Crippen LogP contribution in [0, 0.1) is 17.2 Å². The summed E-state index contributed by atoms with van der Waals surface area (Å²) in [5, 5.41) is 12.6. The first kappa shape index (κ1) is 9.83. The van der Waals surface area contributed by atoms with Gasteiger partial charge in [0, 0.05) is 18.8 Å². The molecule has 2 aliphatic rings. The lowest BCUT2D eigenvalue weighted by Crippen LogP contribution is -2.50. The lowest BCUT2D eigenvalue weighted by Gasteiger charge is -2.34. The average Bonchev–Trinajstić information content (AvgIpc) is 2.54. The molecule has 0 spiro atoms. The summed E-state index contributed by atoms with van der Waals surface area (Å²) in [4.78, 5) is 4.05. The molecule has 2 atom stereocenters. The first-order valence-electron chi connectivity index (χ1n) is 5.29. The molecule has 0 aromatic carbocycles. The second kappa shape index (κ2) is 3.58. The highest BCUT2D eigenvalue weighted by atomic mass is 35.5. The monoisotopic (exact) mass is 231 g/mol. The van der Waals surface area contributed by atoms with Crippen LogP contribution in [0.3, 0.4) is 0 Å². The molecule has 16 heavy (non-hydrogen) atoms. The summed E-state index contributed by atoms with van der Waals surface area (Å²) in [5.74, 6) is 0.733. The molecule has 1 aliphatic heterocycles. The summed E-state index contributed by atoms with van der Waals surface area (Å²) in [7, 11) is 0. The minimum absolute atomic E-state index is 0.281. The third-order valence-corrected chi connectivity index (χ3v) is 3.64. The van der Waals surface area contributed by atoms with Crippen LogP contribution in [0.1, 0.15) is 17.5 Å². The molecule has 1 fully saturated rings. The van der Waals surface area contributed by atoms with Gasteiger partial charge in [0.1, 0.15) is 11.2 Å². The van der Waals surface area contributed by atoms with Crippen LogP contribution in [0.2, 0.25) is 5.15 Å². The van der Waals surface area contributed by atoms with Crippen LogP contribution in [0.5, 0.6) is 0 Å². The molecule has 3 rings (SSSR count). The number of pyridine rings is 1. The van der Waals surface area contributed by atoms with Crippen LogP contribution in [0.15, 0.2) is 18.3 Å². The molecule has 1 saturated heterocycles. The molecule has 2 heterocycles. The number of hydrogen-bond donors (Lipinski definition) is 1. The minimum Gasteiger partial charge on any atom is -0.309 e. The summed E-state index contributed by atoms with van der Waals surface area (Å²) < 4.78 is 0. The van der Waals surface area contributed by atoms with E-state index in [4.69, 9.17) is 16.9 Å². The Morgan fingerprint density at radius 1 is 1.56 bits per heavy atom. The average molecular weight is 232 g/mol. The van der Waals surface area contributed by atoms with Crippen LogP contribution in [0.25, 0.3) is 5.57 Å². The zero-order valence-electron chi connectivity index (χ0n) is 8.57. The number of nitrogens with zero attached hydrogens (tertiary/aromatic N) is 2. The number of fused-ring (bicyclic) bond motifs is 1. The van der Waals surface area contributed by atoms with Gasteiger partial charge in [0.05, 0.1) is 5.56 Å². The van der Waals surface area contributed by atoms with E-state index < -0.39 is 0 Å². The standard InChI is InChI=1S/C12H10ClN3/c13-12-8(4-14)3-9(6-16-12)10-2-1-7-5-15-11(7)10/h2-3,6-7,11,15H,1,5H2/t7-,11+/m1/s1. The fraction of sp³-hybridized carbons (Fsp3) is 0.333. The largest absolute Gasteiger partial charge is 0.309 e. The van der Waals surface area contributed by atoms with Crippen molar-refractivity contribution in [3.05, 3.63) is 34.6 Å². The molecule has 4 heteroatoms. The van der Waals surface area contributed by atoms with E-state index in [1.54, 1.807) is 6.20 Å². The normalized spacial score (nSPS) is 26.6. The number of nitriles is 1. The third-order valence-electron chi connectivity index (χ3n) is 3.34. The maximum atomic E-state index is 8.91. The minimum atomic E-state index is 0.281. The van der Waals surface area contributed by atoms with Crippen molar-refractivity contribution in [2.75, 3.05) is 6.54 Å². The van der Waals surface area contributed by atoms with Gasteiger partial charge in [-0.05, 0) is 29.5 Å². The van der Waals surface area contributed by atoms with Crippen molar-refractivity contribution in [3.8, 4) is 6.07 Å². The van der Waals surface area contributed by atoms with E-state index in [0.29, 0.717) is 11.6 Å². The number of halogens is 1. The van der Waals surface area contributed by atoms with Crippen molar-refractivity contribution >= 4 is 17.2 Å². The van der Waals surface area contributed by atoms with Crippen molar-refractivity contribution in [1.29, 1.82) is 5.26 Å². The third kappa shape index (κ3) is 1.35. The fourth-order valence-electron chi connectivity index (χ4n) is 2.37. The van der Waals surface area contributed by atoms with E-state index in [1.165, 1.54) is 5.57 Å². The van der Waals surface area contributed by atoms with Crippen molar-refractivity contribution in [3.63, 3.8) is 0 Å². The molecule has 1 N–H and O–H groups in total. The molecule has 0 bridgehead atoms. The topological polar surface area (TPSA) is 48.7 Å². The molecule has 80 valence electrons. The first-order chi connectivity index (χ1) is 7.79. The predicted molar refractivity (Wildman–Crippen MR) is 61.8 cm³/mol. The molecule has 0 amide bonds. The van der Waals surface area contributed by atoms with E-state index in [2.05, 4.69) is 22.4 Å². The molecule has 1 aromatic rings. The van der Waals surface area contributed by atoms with Crippen molar-refractivity contribution in [2.24, 2.45) is 5.92 Å². The smallest absolute Gasteiger partial charge is 0.146 e. The van der Waals surface area contributed by atoms with Crippen LogP contribution in [0.4, 0.5) is 0 Å². The Balaban J connectivity index is 1.99. The maximum Gasteiger partial charge on any atom is 0.146 e. The van der Waals surface area contributed by atoms with Gasteiger partial charge in [-0.2, -0.15) is 5.26 Å². The van der Waals surface area contributed by atoms with E-state index in [-0.39, 0.29) is 5.15 Å². The van der Waals surface area contributed by atoms with Gasteiger partial charge >= 0.3 is 0 Å². The number of allylic oxidation sites excluding steroid dienone is 1. The van der Waals surface area contributed by atoms with Gasteiger partial charge in [0.15, 0.2) is 0 Å². The Morgan fingerprint density at radius 2 is 2.44 bits per heavy atom. The highest BCUT2D eigenvalue weighted by Gasteiger charge is 2.37. The van der Waals surface area contributed by atoms with Crippen molar-refractivity contribution in [1.82, 2.24) is 10.3 Å². The summed E-state index contributed by atoms with van der Waals surface area (Å²) in [6.45, 7) is 1.09. The Labute approximate surface area is 98.8 Å². The van der Waals surface area contributed by atoms with Crippen LogP contribution in [-0.4, -0.2) is 17.6 Å². The van der Waals surface area contributed by atoms with Crippen LogP contribution in [-0.2, 0) is 0 Å². The maximum absolute atomic E-state index is 8.91. The van der Waals surface area contributed by atoms with Gasteiger partial charge in [0.25, 0.3) is 0 Å². The SMILES string of the molecule is N#Cc1cc(C2=CC[C@@H]3CN[C@H]23)cnc1Cl. The van der Waals surface area contributed by atoms with Gasteiger partial charge in [-0.15, -0.1) is 0 Å². The first-order valence-corrected chi connectivity index (χ1v) is 5.67. The lowest BCUT2D eigenvalue weighted by atomic mass is 9.89. The molecule has 0 unspecified atom stereocenters. The molecule has 0 radical (unpaired) electrons. The molecule has 1 aromatic heterocycles. The lowest BCUT2D eigenvalue weighted by molar-refractivity contribution is 0.307. The highest BCUT2D eigenvalue weighted by molar-refractivity contribution is 6.30. The number of hydrogen-bond acceptors (Lipinski definition) is 3. The van der Waals surface area contributed by atoms with E-state index in [1.807, 2.05) is 6.07 Å². The number of aromatic nitrogens is 1. The number of rotatable bonds is 1. The van der Waals surface area contributed by atoms with E-state index in [0.717, 1.165) is 24.4 Å². The van der Waals surface area contributed by atoms with Crippen molar-refractivity contribution in [2.45, 2.75) is 12.5 Å². The van der Waals surface area contributed by atoms with Gasteiger partial charge in [-0.25, -0.2) is 4.98 Å².